The fourth-order valence-electron chi connectivity index (χ4n) is 1.90. The Kier molecular flexibility index (Phi) is 5.59. The maximum absolute atomic E-state index is 12.9. The molecule has 112 valence electrons. The van der Waals surface area contributed by atoms with E-state index in [1.54, 1.807) is 18.2 Å². The van der Waals surface area contributed by atoms with Crippen molar-refractivity contribution >= 4 is 11.6 Å². The van der Waals surface area contributed by atoms with Gasteiger partial charge >= 0.3 is 0 Å². The summed E-state index contributed by atoms with van der Waals surface area (Å²) in [5.74, 6) is 0.426. The van der Waals surface area contributed by atoms with Crippen molar-refractivity contribution in [3.05, 3.63) is 64.4 Å². The molecule has 0 atom stereocenters. The van der Waals surface area contributed by atoms with E-state index in [9.17, 15) is 4.39 Å². The first-order valence-electron chi connectivity index (χ1n) is 6.94. The van der Waals surface area contributed by atoms with Crippen molar-refractivity contribution in [1.82, 2.24) is 5.32 Å². The predicted octanol–water partition coefficient (Wildman–Crippen LogP) is 4.56. The number of hydrogen-bond acceptors (Lipinski definition) is 2. The van der Waals surface area contributed by atoms with Crippen LogP contribution >= 0.6 is 11.6 Å². The van der Waals surface area contributed by atoms with E-state index in [0.29, 0.717) is 30.0 Å². The highest BCUT2D eigenvalue weighted by atomic mass is 35.5. The van der Waals surface area contributed by atoms with Crippen LogP contribution in [-0.4, -0.2) is 6.04 Å². The molecule has 0 radical (unpaired) electrons. The van der Waals surface area contributed by atoms with Crippen molar-refractivity contribution in [2.24, 2.45) is 0 Å². The van der Waals surface area contributed by atoms with Crippen molar-refractivity contribution in [3.8, 4) is 5.75 Å². The van der Waals surface area contributed by atoms with Gasteiger partial charge in [0.05, 0.1) is 5.02 Å². The summed E-state index contributed by atoms with van der Waals surface area (Å²) in [7, 11) is 0. The Morgan fingerprint density at radius 2 is 1.86 bits per heavy atom. The average Bonchev–Trinajstić information content (AvgIpc) is 2.46. The van der Waals surface area contributed by atoms with Gasteiger partial charge in [0.1, 0.15) is 18.2 Å². The van der Waals surface area contributed by atoms with Gasteiger partial charge in [-0.05, 0) is 23.8 Å². The van der Waals surface area contributed by atoms with Crippen molar-refractivity contribution in [3.63, 3.8) is 0 Å². The minimum Gasteiger partial charge on any atom is -0.487 e. The molecule has 1 N–H and O–H groups in total. The standard InChI is InChI=1S/C17H19ClFNO/c1-12(2)20-10-14-4-3-5-16(18)17(14)21-11-13-6-8-15(19)9-7-13/h3-9,12,20H,10-11H2,1-2H3. The molecule has 0 aromatic heterocycles. The van der Waals surface area contributed by atoms with E-state index >= 15 is 0 Å². The Bertz CT molecular complexity index is 584. The van der Waals surface area contributed by atoms with Crippen LogP contribution in [0.4, 0.5) is 4.39 Å². The zero-order valence-electron chi connectivity index (χ0n) is 12.2. The summed E-state index contributed by atoms with van der Waals surface area (Å²) in [5.41, 5.74) is 1.91. The van der Waals surface area contributed by atoms with Crippen LogP contribution in [0.5, 0.6) is 5.75 Å². The Hall–Kier alpha value is -1.58. The second-order valence-electron chi connectivity index (χ2n) is 5.18. The smallest absolute Gasteiger partial charge is 0.142 e. The SMILES string of the molecule is CC(C)NCc1cccc(Cl)c1OCc1ccc(F)cc1. The van der Waals surface area contributed by atoms with Crippen LogP contribution in [0.3, 0.4) is 0 Å². The van der Waals surface area contributed by atoms with Gasteiger partial charge in [0.2, 0.25) is 0 Å². The lowest BCUT2D eigenvalue weighted by Gasteiger charge is -2.15. The van der Waals surface area contributed by atoms with Crippen LogP contribution in [-0.2, 0) is 13.2 Å². The van der Waals surface area contributed by atoms with Crippen molar-refractivity contribution < 1.29 is 9.13 Å². The van der Waals surface area contributed by atoms with Gasteiger partial charge in [-0.2, -0.15) is 0 Å². The zero-order chi connectivity index (χ0) is 15.2. The van der Waals surface area contributed by atoms with Gasteiger partial charge in [0.25, 0.3) is 0 Å². The summed E-state index contributed by atoms with van der Waals surface area (Å²) in [6.07, 6.45) is 0. The van der Waals surface area contributed by atoms with E-state index in [1.165, 1.54) is 12.1 Å². The summed E-state index contributed by atoms with van der Waals surface area (Å²) in [4.78, 5) is 0. The van der Waals surface area contributed by atoms with Crippen LogP contribution in [0.1, 0.15) is 25.0 Å². The Labute approximate surface area is 129 Å². The molecule has 2 aromatic rings. The van der Waals surface area contributed by atoms with Gasteiger partial charge in [-0.15, -0.1) is 0 Å². The predicted molar refractivity (Wildman–Crippen MR) is 84.2 cm³/mol. The second-order valence-corrected chi connectivity index (χ2v) is 5.59. The van der Waals surface area contributed by atoms with E-state index < -0.39 is 0 Å². The molecule has 0 aliphatic carbocycles. The number of benzene rings is 2. The number of ether oxygens (including phenoxy) is 1. The van der Waals surface area contributed by atoms with Crippen molar-refractivity contribution in [1.29, 1.82) is 0 Å². The van der Waals surface area contributed by atoms with E-state index in [2.05, 4.69) is 19.2 Å². The molecule has 2 aromatic carbocycles. The Balaban J connectivity index is 2.09. The molecular formula is C17H19ClFNO. The van der Waals surface area contributed by atoms with Crippen LogP contribution in [0, 0.1) is 5.82 Å². The van der Waals surface area contributed by atoms with Crippen LogP contribution in [0.25, 0.3) is 0 Å². The number of rotatable bonds is 6. The number of hydrogen-bond donors (Lipinski definition) is 1. The fraction of sp³-hybridized carbons (Fsp3) is 0.294. The second kappa shape index (κ2) is 7.43. The van der Waals surface area contributed by atoms with E-state index in [1.807, 2.05) is 12.1 Å². The number of nitrogens with one attached hydrogen (secondary N) is 1. The Morgan fingerprint density at radius 1 is 1.14 bits per heavy atom. The molecule has 0 saturated carbocycles. The van der Waals surface area contributed by atoms with E-state index in [0.717, 1.165) is 11.1 Å². The van der Waals surface area contributed by atoms with Gasteiger partial charge in [0, 0.05) is 18.2 Å². The van der Waals surface area contributed by atoms with Gasteiger partial charge in [0.15, 0.2) is 0 Å². The summed E-state index contributed by atoms with van der Waals surface area (Å²) in [6, 6.07) is 12.3. The third-order valence-corrected chi connectivity index (χ3v) is 3.34. The molecule has 0 amide bonds. The maximum atomic E-state index is 12.9. The van der Waals surface area contributed by atoms with Gasteiger partial charge in [-0.25, -0.2) is 4.39 Å². The van der Waals surface area contributed by atoms with Crippen LogP contribution in [0.15, 0.2) is 42.5 Å². The maximum Gasteiger partial charge on any atom is 0.142 e. The first-order chi connectivity index (χ1) is 10.1. The monoisotopic (exact) mass is 307 g/mol. The highest BCUT2D eigenvalue weighted by molar-refractivity contribution is 6.32. The summed E-state index contributed by atoms with van der Waals surface area (Å²) in [6.45, 7) is 5.23. The van der Waals surface area contributed by atoms with Gasteiger partial charge in [-0.1, -0.05) is 49.7 Å². The lowest BCUT2D eigenvalue weighted by molar-refractivity contribution is 0.302. The lowest BCUT2D eigenvalue weighted by Crippen LogP contribution is -2.22. The summed E-state index contributed by atoms with van der Waals surface area (Å²) >= 11 is 6.22. The number of para-hydroxylation sites is 1. The molecular weight excluding hydrogens is 289 g/mol. The molecule has 0 saturated heterocycles. The highest BCUT2D eigenvalue weighted by Crippen LogP contribution is 2.29. The fourth-order valence-corrected chi connectivity index (χ4v) is 2.15. The first kappa shape index (κ1) is 15.8. The molecule has 0 unspecified atom stereocenters. The Morgan fingerprint density at radius 3 is 2.52 bits per heavy atom. The third kappa shape index (κ3) is 4.73. The molecule has 0 spiro atoms. The molecule has 2 nitrogen and oxygen atoms in total. The van der Waals surface area contributed by atoms with Crippen LogP contribution < -0.4 is 10.1 Å². The first-order valence-corrected chi connectivity index (χ1v) is 7.32. The summed E-state index contributed by atoms with van der Waals surface area (Å²) in [5, 5.41) is 3.93. The minimum atomic E-state index is -0.252. The molecule has 21 heavy (non-hydrogen) atoms. The average molecular weight is 308 g/mol. The van der Waals surface area contributed by atoms with Crippen molar-refractivity contribution in [2.75, 3.05) is 0 Å². The van der Waals surface area contributed by atoms with Crippen molar-refractivity contribution in [2.45, 2.75) is 33.0 Å². The van der Waals surface area contributed by atoms with E-state index in [4.69, 9.17) is 16.3 Å². The molecule has 0 bridgehead atoms. The topological polar surface area (TPSA) is 21.3 Å². The molecule has 0 heterocycles. The normalized spacial score (nSPS) is 10.9. The zero-order valence-corrected chi connectivity index (χ0v) is 13.0. The molecule has 2 rings (SSSR count). The van der Waals surface area contributed by atoms with Crippen LogP contribution in [0.2, 0.25) is 5.02 Å². The molecule has 4 heteroatoms. The lowest BCUT2D eigenvalue weighted by atomic mass is 10.2. The largest absolute Gasteiger partial charge is 0.487 e. The highest BCUT2D eigenvalue weighted by Gasteiger charge is 2.09. The summed E-state index contributed by atoms with van der Waals surface area (Å²) < 4.78 is 18.7. The molecule has 0 aliphatic rings. The quantitative estimate of drug-likeness (QED) is 0.845. The molecule has 0 fully saturated rings. The van der Waals surface area contributed by atoms with Gasteiger partial charge in [-0.3, -0.25) is 0 Å². The number of halogens is 2. The van der Waals surface area contributed by atoms with Gasteiger partial charge < -0.3 is 10.1 Å². The molecule has 0 aliphatic heterocycles. The van der Waals surface area contributed by atoms with E-state index in [-0.39, 0.29) is 5.82 Å². The minimum absolute atomic E-state index is 0.252. The third-order valence-electron chi connectivity index (χ3n) is 3.05.